The molecule has 142 valence electrons. The monoisotopic (exact) mass is 381 g/mol. The zero-order valence-corrected chi connectivity index (χ0v) is 14.3. The van der Waals surface area contributed by atoms with Gasteiger partial charge in [0.2, 0.25) is 5.91 Å². The molecule has 3 rings (SSSR count). The van der Waals surface area contributed by atoms with Gasteiger partial charge >= 0.3 is 5.97 Å². The van der Waals surface area contributed by atoms with E-state index >= 15 is 0 Å². The smallest absolute Gasteiger partial charge is 0.343 e. The Bertz CT molecular complexity index is 908. The maximum atomic E-state index is 13.2. The van der Waals surface area contributed by atoms with Gasteiger partial charge in [-0.15, -0.1) is 0 Å². The van der Waals surface area contributed by atoms with Crippen molar-refractivity contribution >= 4 is 17.6 Å². The molecule has 0 saturated heterocycles. The van der Waals surface area contributed by atoms with Crippen LogP contribution in [0.5, 0.6) is 11.5 Å². The third kappa shape index (κ3) is 3.40. The van der Waals surface area contributed by atoms with Gasteiger partial charge in [-0.2, -0.15) is 0 Å². The van der Waals surface area contributed by atoms with Crippen molar-refractivity contribution in [1.82, 2.24) is 0 Å². The highest BCUT2D eigenvalue weighted by molar-refractivity contribution is 5.99. The van der Waals surface area contributed by atoms with Crippen molar-refractivity contribution in [3.63, 3.8) is 0 Å². The molecule has 2 aromatic rings. The molecule has 0 saturated carbocycles. The molecule has 0 spiro atoms. The van der Waals surface area contributed by atoms with Crippen LogP contribution in [0.25, 0.3) is 0 Å². The van der Waals surface area contributed by atoms with Crippen LogP contribution < -0.4 is 14.8 Å². The predicted molar refractivity (Wildman–Crippen MR) is 87.3 cm³/mol. The van der Waals surface area contributed by atoms with Crippen LogP contribution in [0, 0.1) is 17.5 Å². The van der Waals surface area contributed by atoms with Gasteiger partial charge in [-0.1, -0.05) is 6.07 Å². The minimum absolute atomic E-state index is 0.147. The molecular weight excluding hydrogens is 367 g/mol. The van der Waals surface area contributed by atoms with E-state index in [9.17, 15) is 22.8 Å². The van der Waals surface area contributed by atoms with E-state index < -0.39 is 35.4 Å². The number of methoxy groups -OCH3 is 2. The first-order valence-corrected chi connectivity index (χ1v) is 7.76. The van der Waals surface area contributed by atoms with Crippen LogP contribution in [0.3, 0.4) is 0 Å². The summed E-state index contributed by atoms with van der Waals surface area (Å²) in [7, 11) is 2.78. The van der Waals surface area contributed by atoms with E-state index in [1.165, 1.54) is 14.2 Å². The number of fused-ring (bicyclic) bond motifs is 1. The second-order valence-corrected chi connectivity index (χ2v) is 5.67. The first-order valence-electron chi connectivity index (χ1n) is 7.76. The number of hydrogen-bond donors (Lipinski definition) is 1. The molecule has 0 fully saturated rings. The van der Waals surface area contributed by atoms with E-state index in [1.54, 1.807) is 12.1 Å². The molecule has 0 aliphatic carbocycles. The Balaban J connectivity index is 1.80. The second kappa shape index (κ2) is 7.18. The van der Waals surface area contributed by atoms with E-state index in [1.807, 2.05) is 0 Å². The Morgan fingerprint density at radius 3 is 2.41 bits per heavy atom. The van der Waals surface area contributed by atoms with E-state index in [0.29, 0.717) is 23.4 Å². The summed E-state index contributed by atoms with van der Waals surface area (Å²) in [4.78, 5) is 24.3. The molecule has 1 atom stereocenters. The van der Waals surface area contributed by atoms with Gasteiger partial charge in [-0.25, -0.2) is 18.0 Å². The van der Waals surface area contributed by atoms with Crippen molar-refractivity contribution in [1.29, 1.82) is 0 Å². The summed E-state index contributed by atoms with van der Waals surface area (Å²) in [6.07, 6.45) is -1.23. The van der Waals surface area contributed by atoms with Crippen LogP contribution in [0.1, 0.15) is 28.4 Å². The lowest BCUT2D eigenvalue weighted by Gasteiger charge is -2.13. The molecule has 1 aliphatic rings. The molecule has 9 heteroatoms. The fourth-order valence-electron chi connectivity index (χ4n) is 2.83. The Morgan fingerprint density at radius 1 is 1.15 bits per heavy atom. The number of nitrogens with one attached hydrogen (secondary N) is 1. The van der Waals surface area contributed by atoms with Crippen molar-refractivity contribution in [3.05, 3.63) is 52.8 Å². The van der Waals surface area contributed by atoms with Gasteiger partial charge in [0.1, 0.15) is 11.7 Å². The van der Waals surface area contributed by atoms with Crippen LogP contribution >= 0.6 is 0 Å². The number of carbonyl (C=O) groups is 2. The summed E-state index contributed by atoms with van der Waals surface area (Å²) >= 11 is 0. The summed E-state index contributed by atoms with van der Waals surface area (Å²) in [6, 6.07) is 4.43. The molecule has 1 aliphatic heterocycles. The number of amides is 1. The van der Waals surface area contributed by atoms with Gasteiger partial charge in [-0.05, 0) is 6.07 Å². The van der Waals surface area contributed by atoms with E-state index in [2.05, 4.69) is 5.32 Å². The van der Waals surface area contributed by atoms with Crippen LogP contribution in [-0.2, 0) is 9.53 Å². The number of anilines is 1. The second-order valence-electron chi connectivity index (χ2n) is 5.67. The minimum Gasteiger partial charge on any atom is -0.493 e. The summed E-state index contributed by atoms with van der Waals surface area (Å²) in [5, 5.41) is 2.24. The molecule has 2 aromatic carbocycles. The summed E-state index contributed by atoms with van der Waals surface area (Å²) in [6.45, 7) is 0. The third-order valence-electron chi connectivity index (χ3n) is 4.02. The highest BCUT2D eigenvalue weighted by Gasteiger charge is 2.36. The lowest BCUT2D eigenvalue weighted by atomic mass is 10.0. The van der Waals surface area contributed by atoms with Crippen molar-refractivity contribution in [2.75, 3.05) is 19.5 Å². The quantitative estimate of drug-likeness (QED) is 0.635. The molecule has 1 N–H and O–H groups in total. The van der Waals surface area contributed by atoms with Crippen LogP contribution in [0.2, 0.25) is 0 Å². The maximum absolute atomic E-state index is 13.2. The van der Waals surface area contributed by atoms with Crippen molar-refractivity contribution < 1.29 is 37.0 Å². The maximum Gasteiger partial charge on any atom is 0.343 e. The summed E-state index contributed by atoms with van der Waals surface area (Å²) < 4.78 is 55.0. The van der Waals surface area contributed by atoms with Crippen molar-refractivity contribution in [2.45, 2.75) is 12.5 Å². The number of rotatable bonds is 5. The number of benzene rings is 2. The Kier molecular flexibility index (Phi) is 4.93. The van der Waals surface area contributed by atoms with E-state index in [4.69, 9.17) is 14.2 Å². The molecule has 1 unspecified atom stereocenters. The minimum atomic E-state index is -1.63. The van der Waals surface area contributed by atoms with Crippen LogP contribution in [0.4, 0.5) is 18.9 Å². The highest BCUT2D eigenvalue weighted by atomic mass is 19.2. The van der Waals surface area contributed by atoms with Gasteiger partial charge in [0.05, 0.1) is 20.6 Å². The predicted octanol–water partition coefficient (Wildman–Crippen LogP) is 3.36. The van der Waals surface area contributed by atoms with Crippen LogP contribution in [0.15, 0.2) is 24.3 Å². The summed E-state index contributed by atoms with van der Waals surface area (Å²) in [5.74, 6) is -5.34. The lowest BCUT2D eigenvalue weighted by Crippen LogP contribution is -2.16. The standard InChI is InChI=1S/C18H14F3NO5/c1-25-12-4-3-9-13(27-18(24)15(9)17(12)26-2)7-14(23)22-8-5-10(19)16(21)11(20)6-8/h3-6,13H,7H2,1-2H3,(H,22,23). The first-order chi connectivity index (χ1) is 12.8. The number of esters is 1. The van der Waals surface area contributed by atoms with Gasteiger partial charge in [0, 0.05) is 23.4 Å². The largest absolute Gasteiger partial charge is 0.493 e. The third-order valence-corrected chi connectivity index (χ3v) is 4.02. The zero-order valence-electron chi connectivity index (χ0n) is 14.3. The Morgan fingerprint density at radius 2 is 1.81 bits per heavy atom. The number of carbonyl (C=O) groups excluding carboxylic acids is 2. The topological polar surface area (TPSA) is 73.9 Å². The summed E-state index contributed by atoms with van der Waals surface area (Å²) in [5.41, 5.74) is 0.311. The average molecular weight is 381 g/mol. The number of halogens is 3. The number of hydrogen-bond acceptors (Lipinski definition) is 5. The molecule has 27 heavy (non-hydrogen) atoms. The molecule has 1 amide bonds. The fraction of sp³-hybridized carbons (Fsp3) is 0.222. The molecule has 6 nitrogen and oxygen atoms in total. The molecule has 0 bridgehead atoms. The zero-order chi connectivity index (χ0) is 19.7. The van der Waals surface area contributed by atoms with Crippen LogP contribution in [-0.4, -0.2) is 26.1 Å². The molecule has 0 radical (unpaired) electrons. The average Bonchev–Trinajstić information content (AvgIpc) is 2.94. The Labute approximate surface area is 151 Å². The molecule has 0 aromatic heterocycles. The Hall–Kier alpha value is -3.23. The normalized spacial score (nSPS) is 15.1. The van der Waals surface area contributed by atoms with Crippen molar-refractivity contribution in [3.8, 4) is 11.5 Å². The van der Waals surface area contributed by atoms with Gasteiger partial charge in [0.25, 0.3) is 0 Å². The molecular formula is C18H14F3NO5. The van der Waals surface area contributed by atoms with E-state index in [-0.39, 0.29) is 23.4 Å². The van der Waals surface area contributed by atoms with Gasteiger partial charge in [0.15, 0.2) is 29.0 Å². The highest BCUT2D eigenvalue weighted by Crippen LogP contribution is 2.43. The fourth-order valence-corrected chi connectivity index (χ4v) is 2.83. The first kappa shape index (κ1) is 18.6. The lowest BCUT2D eigenvalue weighted by molar-refractivity contribution is -0.118. The van der Waals surface area contributed by atoms with E-state index in [0.717, 1.165) is 0 Å². The number of cyclic esters (lactones) is 1. The number of ether oxygens (including phenoxy) is 3. The van der Waals surface area contributed by atoms with Gasteiger partial charge in [-0.3, -0.25) is 4.79 Å². The SMILES string of the molecule is COc1ccc2c(c1OC)C(=O)OC2CC(=O)Nc1cc(F)c(F)c(F)c1. The van der Waals surface area contributed by atoms with Crippen molar-refractivity contribution in [2.24, 2.45) is 0 Å². The van der Waals surface area contributed by atoms with Gasteiger partial charge < -0.3 is 19.5 Å². The molecule has 1 heterocycles.